The van der Waals surface area contributed by atoms with Crippen molar-refractivity contribution < 1.29 is 13.2 Å². The lowest BCUT2D eigenvalue weighted by Crippen LogP contribution is -2.15. The fourth-order valence-corrected chi connectivity index (χ4v) is 2.41. The first-order chi connectivity index (χ1) is 9.41. The smallest absolute Gasteiger partial charge is 0.256 e. The predicted molar refractivity (Wildman–Crippen MR) is 75.4 cm³/mol. The number of benzene rings is 1. The molecule has 0 unspecified atom stereocenters. The maximum atomic E-state index is 12.1. The normalized spacial score (nSPS) is 11.3. The zero-order chi connectivity index (χ0) is 14.8. The number of nitrogens with one attached hydrogen (secondary N) is 1. The molecule has 0 aliphatic heterocycles. The fraction of sp³-hybridized carbons (Fsp3) is 0.231. The highest BCUT2D eigenvalue weighted by Gasteiger charge is 2.13. The second-order valence-corrected chi connectivity index (χ2v) is 6.30. The van der Waals surface area contributed by atoms with Gasteiger partial charge in [0.15, 0.2) is 9.84 Å². The molecule has 1 aromatic carbocycles. The Labute approximate surface area is 117 Å². The van der Waals surface area contributed by atoms with Crippen LogP contribution in [0.5, 0.6) is 0 Å². The predicted octanol–water partition coefficient (Wildman–Crippen LogP) is 1.56. The first-order valence-electron chi connectivity index (χ1n) is 6.05. The van der Waals surface area contributed by atoms with E-state index in [0.29, 0.717) is 12.4 Å². The first-order valence-corrected chi connectivity index (χ1v) is 7.94. The number of carbonyl (C=O) groups excluding carboxylic acids is 1. The Hall–Kier alpha value is -2.15. The molecular weight excluding hydrogens is 278 g/mol. The van der Waals surface area contributed by atoms with Crippen LogP contribution in [0.2, 0.25) is 0 Å². The lowest BCUT2D eigenvalue weighted by Gasteiger charge is -2.07. The highest BCUT2D eigenvalue weighted by molar-refractivity contribution is 7.90. The summed E-state index contributed by atoms with van der Waals surface area (Å²) in [5.74, 6) is 0.202. The van der Waals surface area contributed by atoms with Crippen LogP contribution in [0, 0.1) is 0 Å². The van der Waals surface area contributed by atoms with Gasteiger partial charge in [-0.2, -0.15) is 5.10 Å². The Morgan fingerprint density at radius 3 is 2.75 bits per heavy atom. The van der Waals surface area contributed by atoms with Gasteiger partial charge in [0, 0.05) is 24.4 Å². The monoisotopic (exact) mass is 293 g/mol. The number of aromatic nitrogens is 2. The van der Waals surface area contributed by atoms with Gasteiger partial charge in [-0.3, -0.25) is 4.79 Å². The lowest BCUT2D eigenvalue weighted by atomic mass is 10.2. The minimum Gasteiger partial charge on any atom is -0.307 e. The summed E-state index contributed by atoms with van der Waals surface area (Å²) in [7, 11) is -3.33. The number of aryl methyl sites for hydroxylation is 1. The van der Waals surface area contributed by atoms with E-state index in [9.17, 15) is 13.2 Å². The quantitative estimate of drug-likeness (QED) is 0.927. The van der Waals surface area contributed by atoms with Crippen molar-refractivity contribution in [3.05, 3.63) is 42.1 Å². The standard InChI is InChI=1S/C13H15N3O3S/c1-3-16-12(7-8-14-16)15-13(17)10-5-4-6-11(9-10)20(2,18)19/h4-9H,3H2,1-2H3,(H,15,17). The van der Waals surface area contributed by atoms with Crippen LogP contribution < -0.4 is 5.32 Å². The highest BCUT2D eigenvalue weighted by atomic mass is 32.2. The van der Waals surface area contributed by atoms with Gasteiger partial charge in [-0.1, -0.05) is 6.07 Å². The van der Waals surface area contributed by atoms with Crippen molar-refractivity contribution in [2.75, 3.05) is 11.6 Å². The van der Waals surface area contributed by atoms with Crippen LogP contribution >= 0.6 is 0 Å². The molecule has 7 heteroatoms. The summed E-state index contributed by atoms with van der Waals surface area (Å²) >= 11 is 0. The minimum absolute atomic E-state index is 0.120. The number of sulfone groups is 1. The van der Waals surface area contributed by atoms with E-state index in [1.54, 1.807) is 29.1 Å². The average Bonchev–Trinajstić information content (AvgIpc) is 2.85. The molecular formula is C13H15N3O3S. The van der Waals surface area contributed by atoms with Crippen molar-refractivity contribution in [2.45, 2.75) is 18.4 Å². The summed E-state index contributed by atoms with van der Waals surface area (Å²) < 4.78 is 24.6. The van der Waals surface area contributed by atoms with Crippen molar-refractivity contribution in [3.8, 4) is 0 Å². The van der Waals surface area contributed by atoms with Gasteiger partial charge in [-0.05, 0) is 25.1 Å². The summed E-state index contributed by atoms with van der Waals surface area (Å²) in [5.41, 5.74) is 0.289. The number of nitrogens with zero attached hydrogens (tertiary/aromatic N) is 2. The van der Waals surface area contributed by atoms with Crippen LogP contribution in [-0.4, -0.2) is 30.4 Å². The summed E-state index contributed by atoms with van der Waals surface area (Å²) in [5, 5.41) is 6.75. The van der Waals surface area contributed by atoms with Crippen LogP contribution in [-0.2, 0) is 16.4 Å². The third kappa shape index (κ3) is 3.05. The zero-order valence-electron chi connectivity index (χ0n) is 11.2. The molecule has 0 radical (unpaired) electrons. The van der Waals surface area contributed by atoms with E-state index in [1.807, 2.05) is 6.92 Å². The molecule has 0 aliphatic carbocycles. The van der Waals surface area contributed by atoms with E-state index in [0.717, 1.165) is 6.26 Å². The molecule has 1 aromatic heterocycles. The summed E-state index contributed by atoms with van der Waals surface area (Å²) in [6.07, 6.45) is 2.70. The van der Waals surface area contributed by atoms with Crippen molar-refractivity contribution in [2.24, 2.45) is 0 Å². The van der Waals surface area contributed by atoms with E-state index < -0.39 is 9.84 Å². The van der Waals surface area contributed by atoms with E-state index in [2.05, 4.69) is 10.4 Å². The molecule has 1 amide bonds. The van der Waals surface area contributed by atoms with Crippen molar-refractivity contribution in [1.82, 2.24) is 9.78 Å². The molecule has 0 atom stereocenters. The number of hydrogen-bond donors (Lipinski definition) is 1. The molecule has 0 saturated heterocycles. The third-order valence-electron chi connectivity index (χ3n) is 2.78. The average molecular weight is 293 g/mol. The summed E-state index contributed by atoms with van der Waals surface area (Å²) in [6, 6.07) is 7.61. The number of hydrogen-bond acceptors (Lipinski definition) is 4. The molecule has 0 spiro atoms. The Balaban J connectivity index is 2.26. The fourth-order valence-electron chi connectivity index (χ4n) is 1.75. The molecule has 1 heterocycles. The van der Waals surface area contributed by atoms with Crippen molar-refractivity contribution >= 4 is 21.6 Å². The maximum Gasteiger partial charge on any atom is 0.256 e. The first kappa shape index (κ1) is 14.3. The topological polar surface area (TPSA) is 81.1 Å². The molecule has 0 saturated carbocycles. The van der Waals surface area contributed by atoms with Gasteiger partial charge in [0.25, 0.3) is 5.91 Å². The second-order valence-electron chi connectivity index (χ2n) is 4.29. The third-order valence-corrected chi connectivity index (χ3v) is 3.89. The highest BCUT2D eigenvalue weighted by Crippen LogP contribution is 2.13. The van der Waals surface area contributed by atoms with Gasteiger partial charge in [0.2, 0.25) is 0 Å². The van der Waals surface area contributed by atoms with Gasteiger partial charge in [0.1, 0.15) is 5.82 Å². The van der Waals surface area contributed by atoms with Crippen LogP contribution in [0.1, 0.15) is 17.3 Å². The van der Waals surface area contributed by atoms with Gasteiger partial charge in [-0.15, -0.1) is 0 Å². The van der Waals surface area contributed by atoms with Crippen molar-refractivity contribution in [3.63, 3.8) is 0 Å². The molecule has 2 rings (SSSR count). The van der Waals surface area contributed by atoms with E-state index in [4.69, 9.17) is 0 Å². The summed E-state index contributed by atoms with van der Waals surface area (Å²) in [6.45, 7) is 2.54. The molecule has 20 heavy (non-hydrogen) atoms. The Kier molecular flexibility index (Phi) is 3.89. The zero-order valence-corrected chi connectivity index (χ0v) is 12.0. The lowest BCUT2D eigenvalue weighted by molar-refractivity contribution is 0.102. The molecule has 6 nitrogen and oxygen atoms in total. The molecule has 0 fully saturated rings. The molecule has 1 N–H and O–H groups in total. The maximum absolute atomic E-state index is 12.1. The van der Waals surface area contributed by atoms with E-state index >= 15 is 0 Å². The largest absolute Gasteiger partial charge is 0.307 e. The second kappa shape index (κ2) is 5.46. The Morgan fingerprint density at radius 1 is 1.35 bits per heavy atom. The van der Waals surface area contributed by atoms with Gasteiger partial charge < -0.3 is 5.32 Å². The van der Waals surface area contributed by atoms with Crippen LogP contribution in [0.3, 0.4) is 0 Å². The van der Waals surface area contributed by atoms with Crippen molar-refractivity contribution in [1.29, 1.82) is 0 Å². The number of anilines is 1. The summed E-state index contributed by atoms with van der Waals surface area (Å²) in [4.78, 5) is 12.2. The van der Waals surface area contributed by atoms with Crippen LogP contribution in [0.4, 0.5) is 5.82 Å². The van der Waals surface area contributed by atoms with E-state index in [-0.39, 0.29) is 16.4 Å². The number of amides is 1. The van der Waals surface area contributed by atoms with Crippen LogP contribution in [0.15, 0.2) is 41.4 Å². The van der Waals surface area contributed by atoms with E-state index in [1.165, 1.54) is 12.1 Å². The number of rotatable bonds is 4. The van der Waals surface area contributed by atoms with Gasteiger partial charge in [-0.25, -0.2) is 13.1 Å². The molecule has 106 valence electrons. The molecule has 0 bridgehead atoms. The molecule has 0 aliphatic rings. The molecule has 2 aromatic rings. The number of carbonyl (C=O) groups is 1. The SMILES string of the molecule is CCn1nccc1NC(=O)c1cccc(S(C)(=O)=O)c1. The van der Waals surface area contributed by atoms with Gasteiger partial charge >= 0.3 is 0 Å². The van der Waals surface area contributed by atoms with Gasteiger partial charge in [0.05, 0.1) is 11.1 Å². The Morgan fingerprint density at radius 2 is 2.10 bits per heavy atom. The Bertz CT molecular complexity index is 735. The minimum atomic E-state index is -3.33. The van der Waals surface area contributed by atoms with Crippen LogP contribution in [0.25, 0.3) is 0 Å².